The van der Waals surface area contributed by atoms with Gasteiger partial charge < -0.3 is 9.73 Å². The van der Waals surface area contributed by atoms with Crippen molar-refractivity contribution in [3.05, 3.63) is 16.5 Å². The molecule has 0 unspecified atom stereocenters. The van der Waals surface area contributed by atoms with Gasteiger partial charge in [0, 0.05) is 18.7 Å². The summed E-state index contributed by atoms with van der Waals surface area (Å²) in [5.74, 6) is 1.52. The zero-order valence-corrected chi connectivity index (χ0v) is 15.1. The lowest BCUT2D eigenvalue weighted by Crippen LogP contribution is -2.25. The summed E-state index contributed by atoms with van der Waals surface area (Å²) in [7, 11) is -3.52. The molecule has 0 amide bonds. The van der Waals surface area contributed by atoms with E-state index in [9.17, 15) is 8.42 Å². The smallest absolute Gasteiger partial charge is 0.244 e. The molecule has 0 atom stereocenters. The van der Waals surface area contributed by atoms with Crippen LogP contribution in [0.4, 0.5) is 0 Å². The molecule has 1 heterocycles. The van der Waals surface area contributed by atoms with Gasteiger partial charge in [-0.05, 0) is 34.4 Å². The van der Waals surface area contributed by atoms with E-state index in [1.54, 1.807) is 17.8 Å². The Kier molecular flexibility index (Phi) is 7.60. The van der Waals surface area contributed by atoms with Crippen molar-refractivity contribution in [3.63, 3.8) is 0 Å². The van der Waals surface area contributed by atoms with Crippen LogP contribution in [0, 0.1) is 0 Å². The summed E-state index contributed by atoms with van der Waals surface area (Å²) in [4.78, 5) is 0.155. The molecule has 0 aliphatic carbocycles. The van der Waals surface area contributed by atoms with E-state index in [4.69, 9.17) is 4.42 Å². The van der Waals surface area contributed by atoms with Crippen LogP contribution < -0.4 is 10.0 Å². The molecule has 2 N–H and O–H groups in total. The summed E-state index contributed by atoms with van der Waals surface area (Å²) in [6.45, 7) is 4.96. The zero-order chi connectivity index (χ0) is 15.2. The maximum Gasteiger partial charge on any atom is 0.244 e. The van der Waals surface area contributed by atoms with Gasteiger partial charge in [0.15, 0.2) is 4.67 Å². The average molecular weight is 385 g/mol. The lowest BCUT2D eigenvalue weighted by molar-refractivity contribution is 0.447. The molecule has 0 fully saturated rings. The maximum absolute atomic E-state index is 12.1. The molecule has 1 aromatic rings. The number of halogens is 1. The summed E-state index contributed by atoms with van der Waals surface area (Å²) < 4.78 is 32.5. The second-order valence-corrected chi connectivity index (χ2v) is 8.07. The second-order valence-electron chi connectivity index (χ2n) is 4.63. The molecule has 0 bridgehead atoms. The Balaban J connectivity index is 2.69. The van der Waals surface area contributed by atoms with Gasteiger partial charge in [-0.15, -0.1) is 0 Å². The fourth-order valence-electron chi connectivity index (χ4n) is 1.47. The first-order valence-electron chi connectivity index (χ1n) is 6.37. The van der Waals surface area contributed by atoms with Gasteiger partial charge in [-0.25, -0.2) is 13.1 Å². The van der Waals surface area contributed by atoms with Crippen molar-refractivity contribution in [1.82, 2.24) is 10.0 Å². The lowest BCUT2D eigenvalue weighted by atomic mass is 10.3. The Morgan fingerprint density at radius 1 is 1.45 bits per heavy atom. The number of nitrogens with one attached hydrogen (secondary N) is 2. The molecule has 0 aliphatic heterocycles. The first kappa shape index (κ1) is 18.0. The Hall–Kier alpha value is -0.0200. The van der Waals surface area contributed by atoms with Gasteiger partial charge in [0.25, 0.3) is 0 Å². The molecule has 0 saturated carbocycles. The van der Waals surface area contributed by atoms with E-state index in [1.165, 1.54) is 0 Å². The average Bonchev–Trinajstić information content (AvgIpc) is 2.74. The summed E-state index contributed by atoms with van der Waals surface area (Å²) in [6, 6.07) is 1.86. The number of hydrogen-bond donors (Lipinski definition) is 2. The molecule has 0 saturated heterocycles. The molecule has 1 rings (SSSR count). The summed E-state index contributed by atoms with van der Waals surface area (Å²) in [6.07, 6.45) is 2.80. The van der Waals surface area contributed by atoms with Crippen molar-refractivity contribution in [2.45, 2.75) is 37.8 Å². The molecular weight excluding hydrogens is 364 g/mol. The van der Waals surface area contributed by atoms with Crippen LogP contribution >= 0.6 is 27.7 Å². The second kappa shape index (κ2) is 8.43. The van der Waals surface area contributed by atoms with Gasteiger partial charge in [-0.2, -0.15) is 11.8 Å². The highest BCUT2D eigenvalue weighted by atomic mass is 79.9. The SMILES string of the molecule is CSCCCNS(=O)(=O)c1cc(CNC(C)C)oc1Br. The fourth-order valence-corrected chi connectivity index (χ4v) is 3.98. The lowest BCUT2D eigenvalue weighted by Gasteiger charge is -2.04. The molecule has 0 aliphatic rings. The van der Waals surface area contributed by atoms with Crippen molar-refractivity contribution >= 4 is 37.7 Å². The van der Waals surface area contributed by atoms with Gasteiger partial charge in [0.2, 0.25) is 10.0 Å². The van der Waals surface area contributed by atoms with Gasteiger partial charge in [-0.1, -0.05) is 13.8 Å². The maximum atomic E-state index is 12.1. The van der Waals surface area contributed by atoms with Gasteiger partial charge in [0.05, 0.1) is 6.54 Å². The minimum absolute atomic E-state index is 0.155. The molecule has 0 spiro atoms. The third-order valence-corrected chi connectivity index (χ3v) is 5.51. The van der Waals surface area contributed by atoms with Crippen LogP contribution in [0.1, 0.15) is 26.0 Å². The summed E-state index contributed by atoms with van der Waals surface area (Å²) in [5.41, 5.74) is 0. The Labute approximate surface area is 133 Å². The molecule has 20 heavy (non-hydrogen) atoms. The van der Waals surface area contributed by atoms with Crippen LogP contribution in [-0.4, -0.2) is 33.0 Å². The highest BCUT2D eigenvalue weighted by molar-refractivity contribution is 9.10. The predicted molar refractivity (Wildman–Crippen MR) is 86.6 cm³/mol. The summed E-state index contributed by atoms with van der Waals surface area (Å²) in [5, 5.41) is 3.18. The standard InChI is InChI=1S/C12H21BrN2O3S2/c1-9(2)14-8-10-7-11(12(13)18-10)20(16,17)15-5-4-6-19-3/h7,9,14-15H,4-6,8H2,1-3H3. The van der Waals surface area contributed by atoms with E-state index in [2.05, 4.69) is 26.0 Å². The molecule has 0 aromatic carbocycles. The monoisotopic (exact) mass is 384 g/mol. The highest BCUT2D eigenvalue weighted by Crippen LogP contribution is 2.26. The first-order valence-corrected chi connectivity index (χ1v) is 10.0. The Bertz CT molecular complexity index is 515. The molecule has 116 valence electrons. The van der Waals surface area contributed by atoms with Crippen molar-refractivity contribution < 1.29 is 12.8 Å². The van der Waals surface area contributed by atoms with E-state index >= 15 is 0 Å². The van der Waals surface area contributed by atoms with E-state index in [1.807, 2.05) is 20.1 Å². The Morgan fingerprint density at radius 2 is 2.15 bits per heavy atom. The van der Waals surface area contributed by atoms with Crippen molar-refractivity contribution in [1.29, 1.82) is 0 Å². The van der Waals surface area contributed by atoms with Crippen LogP contribution in [0.25, 0.3) is 0 Å². The van der Waals surface area contributed by atoms with Crippen LogP contribution in [0.2, 0.25) is 0 Å². The number of thioether (sulfide) groups is 1. The van der Waals surface area contributed by atoms with Crippen LogP contribution in [0.3, 0.4) is 0 Å². The minimum Gasteiger partial charge on any atom is -0.452 e. The number of hydrogen-bond acceptors (Lipinski definition) is 5. The van der Waals surface area contributed by atoms with Crippen molar-refractivity contribution in [2.75, 3.05) is 18.6 Å². The van der Waals surface area contributed by atoms with Crippen LogP contribution in [0.15, 0.2) is 20.0 Å². The topological polar surface area (TPSA) is 71.3 Å². The first-order chi connectivity index (χ1) is 9.36. The van der Waals surface area contributed by atoms with Crippen molar-refractivity contribution in [3.8, 4) is 0 Å². The minimum atomic E-state index is -3.52. The third-order valence-electron chi connectivity index (χ3n) is 2.50. The van der Waals surface area contributed by atoms with E-state index in [0.717, 1.165) is 12.2 Å². The number of rotatable bonds is 9. The highest BCUT2D eigenvalue weighted by Gasteiger charge is 2.21. The summed E-state index contributed by atoms with van der Waals surface area (Å²) >= 11 is 4.86. The van der Waals surface area contributed by atoms with Crippen LogP contribution in [-0.2, 0) is 16.6 Å². The molecular formula is C12H21BrN2O3S2. The third kappa shape index (κ3) is 5.77. The Morgan fingerprint density at radius 3 is 2.75 bits per heavy atom. The quantitative estimate of drug-likeness (QED) is 0.640. The van der Waals surface area contributed by atoms with Gasteiger partial charge >= 0.3 is 0 Å². The zero-order valence-electron chi connectivity index (χ0n) is 11.9. The normalized spacial score (nSPS) is 12.2. The van der Waals surface area contributed by atoms with E-state index in [0.29, 0.717) is 24.9 Å². The number of sulfonamides is 1. The molecule has 5 nitrogen and oxygen atoms in total. The number of furan rings is 1. The van der Waals surface area contributed by atoms with E-state index < -0.39 is 10.0 Å². The van der Waals surface area contributed by atoms with Crippen molar-refractivity contribution in [2.24, 2.45) is 0 Å². The van der Waals surface area contributed by atoms with Gasteiger partial charge in [0.1, 0.15) is 10.7 Å². The molecule has 1 aromatic heterocycles. The van der Waals surface area contributed by atoms with Crippen LogP contribution in [0.5, 0.6) is 0 Å². The molecule has 8 heteroatoms. The van der Waals surface area contributed by atoms with Gasteiger partial charge in [-0.3, -0.25) is 0 Å². The molecule has 0 radical (unpaired) electrons. The predicted octanol–water partition coefficient (Wildman–Crippen LogP) is 2.57. The van der Waals surface area contributed by atoms with E-state index in [-0.39, 0.29) is 9.56 Å². The largest absolute Gasteiger partial charge is 0.452 e. The fraction of sp³-hybridized carbons (Fsp3) is 0.667.